The second-order valence-corrected chi connectivity index (χ2v) is 35.9. The van der Waals surface area contributed by atoms with E-state index in [1.54, 1.807) is 0 Å². The van der Waals surface area contributed by atoms with Crippen molar-refractivity contribution in [1.82, 2.24) is 0 Å². The standard InChI is InChI=1S/2C25H22P2.4C7H4.4C5H5.2ClHO4.6Cu.4Fe/c2*1-5-13-22(14-6-1)26(23-15-7-2-8-16-23)21-27(24-17-9-3-10-18-24)25-19-11-4-12-20-25;4*1-2-7-5-3-4-6-7;4*1-2-4-5-3-1;2*2-1(3,4)5;;;;;;;;;;/h2*1-20H,21H2;4*3-6H;4*1-5H;2*(H,2,3,4,5);;;;;;;;;;/q;;4*-2;4*-1;;;;;;;2*+2;;;;/p+4. The number of rotatable bonds is 12. The van der Waals surface area contributed by atoms with Gasteiger partial charge in [0.25, 0.3) is 0 Å². The van der Waals surface area contributed by atoms with Crippen molar-refractivity contribution in [2.45, 2.75) is 0 Å². The molecular weight excluding hydrogens is 2100 g/mol. The van der Waals surface area contributed by atoms with Gasteiger partial charge in [-0.05, 0) is 97.1 Å². The molecule has 24 heteroatoms. The Morgan fingerprint density at radius 2 is 0.336 bits per heavy atom. The molecule has 8 nitrogen and oxygen atoms in total. The molecule has 0 fully saturated rings. The van der Waals surface area contributed by atoms with Crippen LogP contribution in [0.15, 0.2) is 461 Å². The molecule has 16 aromatic carbocycles. The van der Waals surface area contributed by atoms with Gasteiger partial charge < -0.3 is 71.6 Å². The summed E-state index contributed by atoms with van der Waals surface area (Å²) in [6.45, 7) is 0. The average molecular weight is 2190 g/mol. The number of hydrogen-bond donors (Lipinski definition) is 2. The average Bonchev–Trinajstić information content (AvgIpc) is 1.02. The van der Waals surface area contributed by atoms with Crippen molar-refractivity contribution in [3.8, 4) is 23.7 Å². The van der Waals surface area contributed by atoms with E-state index in [9.17, 15) is 0 Å². The van der Waals surface area contributed by atoms with Gasteiger partial charge in [-0.1, -0.05) is 194 Å². The molecule has 662 valence electrons. The van der Waals surface area contributed by atoms with Crippen molar-refractivity contribution >= 4 is 74.1 Å². The molecule has 0 saturated carbocycles. The Balaban J connectivity index is -0.000000323. The van der Waals surface area contributed by atoms with Crippen molar-refractivity contribution in [3.05, 3.63) is 509 Å². The molecule has 0 aliphatic heterocycles. The topological polar surface area (TPSA) is 179 Å². The minimum absolute atomic E-state index is 0. The summed E-state index contributed by atoms with van der Waals surface area (Å²) in [6.07, 6.45) is 26.4. The minimum atomic E-state index is -4.69. The molecule has 2 N–H and O–H groups in total. The summed E-state index contributed by atoms with van der Waals surface area (Å²) in [7, 11) is -12.8. The first-order valence-corrected chi connectivity index (χ1v) is 44.3. The molecule has 0 saturated heterocycles. The zero-order valence-corrected chi connectivity index (χ0v) is 80.2. The molecule has 16 rings (SSSR count). The second kappa shape index (κ2) is 80.8. The largest absolute Gasteiger partial charge is 2.00 e. The molecule has 122 heavy (non-hydrogen) atoms. The third kappa shape index (κ3) is 61.4. The molecule has 0 unspecified atom stereocenters. The van der Waals surface area contributed by atoms with Gasteiger partial charge in [0.05, 0.1) is 29.8 Å². The molecule has 0 aromatic heterocycles. The molecule has 6 radical (unpaired) electrons. The summed E-state index contributed by atoms with van der Waals surface area (Å²) in [5, 5.41) is 12.0. The van der Waals surface area contributed by atoms with Gasteiger partial charge in [0.1, 0.15) is 74.1 Å². The first-order valence-electron chi connectivity index (χ1n) is 34.9. The normalized spacial score (nSPS) is 8.98. The number of benzene rings is 8. The third-order valence-electron chi connectivity index (χ3n) is 15.1. The van der Waals surface area contributed by atoms with Crippen LogP contribution in [0.4, 0.5) is 0 Å². The Morgan fingerprint density at radius 1 is 0.230 bits per heavy atom. The first kappa shape index (κ1) is 127. The number of halogens is 2. The van der Waals surface area contributed by atoms with E-state index < -0.39 is 52.2 Å². The van der Waals surface area contributed by atoms with Crippen LogP contribution in [-0.2, 0) is 171 Å². The number of hydrogen-bond acceptors (Lipinski definition) is 8. The summed E-state index contributed by atoms with van der Waals surface area (Å²) >= 11 is 0. The first-order chi connectivity index (χ1) is 54.6. The van der Waals surface area contributed by atoms with E-state index in [1.165, 1.54) is 54.2 Å². The summed E-state index contributed by atoms with van der Waals surface area (Å²) in [5.74, 6) is 11.5. The summed E-state index contributed by atoms with van der Waals surface area (Å²) in [5.41, 5.74) is 3.39. The zero-order chi connectivity index (χ0) is 80.2. The summed E-state index contributed by atoms with van der Waals surface area (Å²) in [4.78, 5) is 0. The maximum atomic E-state index is 8.60. The van der Waals surface area contributed by atoms with Gasteiger partial charge in [0.15, 0.2) is 11.8 Å². The molecule has 0 bridgehead atoms. The molecule has 0 atom stereocenters. The van der Waals surface area contributed by atoms with Gasteiger partial charge in [0, 0.05) is 137 Å². The van der Waals surface area contributed by atoms with Gasteiger partial charge in [0.2, 0.25) is 0 Å². The smallest absolute Gasteiger partial charge is 0.728 e. The fraction of sp³-hybridized carbons (Fsp3) is 0.0204. The molecule has 0 spiro atoms. The summed E-state index contributed by atoms with van der Waals surface area (Å²) in [6, 6.07) is 159. The Morgan fingerprint density at radius 3 is 0.410 bits per heavy atom. The van der Waals surface area contributed by atoms with E-state index in [2.05, 4.69) is 266 Å². The fourth-order valence-corrected chi connectivity index (χ4v) is 25.5. The van der Waals surface area contributed by atoms with Crippen LogP contribution >= 0.6 is 31.7 Å². The summed E-state index contributed by atoms with van der Waals surface area (Å²) < 4.78 is 65.4. The Hall–Kier alpha value is -6.03. The van der Waals surface area contributed by atoms with E-state index in [4.69, 9.17) is 63.0 Å². The van der Waals surface area contributed by atoms with Crippen LogP contribution in [0.25, 0.3) is 0 Å². The van der Waals surface area contributed by atoms with Crippen LogP contribution in [0.5, 0.6) is 0 Å². The maximum absolute atomic E-state index is 8.60. The van der Waals surface area contributed by atoms with Gasteiger partial charge in [-0.15, -0.1) is 0 Å². The van der Waals surface area contributed by atoms with Crippen LogP contribution in [-0.4, -0.2) is 21.1 Å². The van der Waals surface area contributed by atoms with Gasteiger partial charge in [-0.25, -0.2) is 97.1 Å². The molecule has 0 aliphatic carbocycles. The van der Waals surface area contributed by atoms with Gasteiger partial charge in [-0.3, -0.25) is 0 Å². The van der Waals surface area contributed by atoms with E-state index in [0.29, 0.717) is 0 Å². The van der Waals surface area contributed by atoms with E-state index in [0.717, 1.165) is 22.3 Å². The van der Waals surface area contributed by atoms with Crippen molar-refractivity contribution < 1.29 is 228 Å². The van der Waals surface area contributed by atoms with Gasteiger partial charge >= 0.3 is 34.1 Å². The predicted octanol–water partition coefficient (Wildman–Crippen LogP) is 12.1. The van der Waals surface area contributed by atoms with E-state index in [-0.39, 0.29) is 171 Å². The molecule has 16 aromatic rings. The molecule has 0 aliphatic rings. The van der Waals surface area contributed by atoms with Gasteiger partial charge in [-0.2, -0.15) is 101 Å². The van der Waals surface area contributed by atoms with Crippen LogP contribution in [0.3, 0.4) is 0 Å². The Kier molecular flexibility index (Phi) is 83.9. The minimum Gasteiger partial charge on any atom is -0.728 e. The molecular formula is C98H86Cl2Cu6Fe4O8P4-4. The fourth-order valence-electron chi connectivity index (χ4n) is 10.1. The van der Waals surface area contributed by atoms with Crippen LogP contribution in [0, 0.1) is 69.9 Å². The second-order valence-electron chi connectivity index (χ2n) is 23.0. The van der Waals surface area contributed by atoms with Crippen molar-refractivity contribution in [3.63, 3.8) is 0 Å². The molecule has 0 amide bonds. The monoisotopic (exact) mass is 2190 g/mol. The zero-order valence-electron chi connectivity index (χ0n) is 64.6. The van der Waals surface area contributed by atoms with E-state index >= 15 is 0 Å². The molecule has 0 heterocycles. The van der Waals surface area contributed by atoms with E-state index in [1.807, 2.05) is 218 Å². The SMILES string of the molecule is [C-]#C[c-]1cccc1.[C-]#C[c-]1cccc1.[C-]#C[c-]1cccc1.[C-]#C[c-]1cccc1.[Cu+2].[Cu+2].[Cu].[Cu].[Cu].[Cu].[Fe].[Fe].[Fe].[Fe].[O-][Cl+3]([O-])([O-])O.[O-][Cl+3]([O-])([O-])O.c1cc[cH-]c1.c1cc[cH-]c1.c1cc[cH-]c1.c1cc[cH-]c1.c1ccc([PH+](C[PH+](c2ccccc2)c2ccccc2)c2ccccc2)cc1.c1ccc([PH+](C[PH+](c2ccccc2)c2ccccc2)c2ccccc2)cc1. The maximum Gasteiger partial charge on any atom is 2.00 e. The van der Waals surface area contributed by atoms with Crippen molar-refractivity contribution in [2.75, 3.05) is 11.8 Å². The Bertz CT molecular complexity index is 4060. The predicted molar refractivity (Wildman–Crippen MR) is 457 cm³/mol. The Labute approximate surface area is 837 Å². The van der Waals surface area contributed by atoms with Crippen molar-refractivity contribution in [2.24, 2.45) is 0 Å². The van der Waals surface area contributed by atoms with Crippen LogP contribution < -0.4 is 70.4 Å². The third-order valence-corrected chi connectivity index (χ3v) is 29.0. The quantitative estimate of drug-likeness (QED) is 0.0525. The van der Waals surface area contributed by atoms with Crippen LogP contribution in [0.2, 0.25) is 0 Å². The van der Waals surface area contributed by atoms with Crippen molar-refractivity contribution in [1.29, 1.82) is 0 Å². The van der Waals surface area contributed by atoms with Crippen LogP contribution in [0.1, 0.15) is 22.3 Å².